The number of piperidine rings is 1. The average molecular weight is 335 g/mol. The molecule has 0 atom stereocenters. The van der Waals surface area contributed by atoms with Crippen LogP contribution in [0.1, 0.15) is 24.0 Å². The van der Waals surface area contributed by atoms with Gasteiger partial charge in [-0.25, -0.2) is 0 Å². The normalized spacial score (nSPS) is 15.0. The Kier molecular flexibility index (Phi) is 6.48. The van der Waals surface area contributed by atoms with Crippen molar-refractivity contribution < 1.29 is 4.74 Å². The first-order chi connectivity index (χ1) is 12.4. The summed E-state index contributed by atoms with van der Waals surface area (Å²) in [7, 11) is 1.75. The zero-order valence-electron chi connectivity index (χ0n) is 14.8. The molecule has 25 heavy (non-hydrogen) atoms. The summed E-state index contributed by atoms with van der Waals surface area (Å²) in [5, 5.41) is 9.23. The molecule has 1 aliphatic rings. The van der Waals surface area contributed by atoms with Crippen LogP contribution in [0.25, 0.3) is 0 Å². The Balaban J connectivity index is 1.76. The molecule has 3 rings (SSSR count). The highest BCUT2D eigenvalue weighted by atomic mass is 16.5. The summed E-state index contributed by atoms with van der Waals surface area (Å²) in [6.07, 6.45) is 1.95. The van der Waals surface area contributed by atoms with Gasteiger partial charge in [0.1, 0.15) is 5.71 Å². The number of hydrogen-bond donors (Lipinski definition) is 0. The zero-order chi connectivity index (χ0) is 17.3. The van der Waals surface area contributed by atoms with Gasteiger partial charge in [-0.05, 0) is 0 Å². The molecule has 0 N–H and O–H groups in total. The molecule has 0 radical (unpaired) electrons. The molecule has 130 valence electrons. The van der Waals surface area contributed by atoms with Gasteiger partial charge >= 0.3 is 0 Å². The molecule has 0 aromatic heterocycles. The summed E-state index contributed by atoms with van der Waals surface area (Å²) in [6, 6.07) is 20.5. The molecule has 4 heteroatoms. The van der Waals surface area contributed by atoms with Crippen LogP contribution in [0.15, 0.2) is 70.9 Å². The van der Waals surface area contributed by atoms with Crippen molar-refractivity contribution >= 4 is 11.4 Å². The Hall–Kier alpha value is -2.30. The number of hydrogen-bond acceptors (Lipinski definition) is 4. The molecule has 4 nitrogen and oxygen atoms in total. The summed E-state index contributed by atoms with van der Waals surface area (Å²) in [6.45, 7) is 3.84. The minimum absolute atomic E-state index is 0.788. The van der Waals surface area contributed by atoms with Gasteiger partial charge < -0.3 is 9.64 Å². The van der Waals surface area contributed by atoms with E-state index in [2.05, 4.69) is 39.4 Å². The molecule has 1 aliphatic heterocycles. The second kappa shape index (κ2) is 9.25. The molecule has 0 aliphatic carbocycles. The molecule has 1 heterocycles. The third-order valence-corrected chi connectivity index (χ3v) is 4.43. The van der Waals surface area contributed by atoms with Crippen molar-refractivity contribution in [3.8, 4) is 0 Å². The second-order valence-corrected chi connectivity index (χ2v) is 6.18. The van der Waals surface area contributed by atoms with E-state index in [1.807, 2.05) is 36.4 Å². The Morgan fingerprint density at radius 1 is 0.920 bits per heavy atom. The van der Waals surface area contributed by atoms with Crippen LogP contribution in [0.3, 0.4) is 0 Å². The third-order valence-electron chi connectivity index (χ3n) is 4.43. The van der Waals surface area contributed by atoms with Crippen molar-refractivity contribution in [2.45, 2.75) is 12.8 Å². The number of benzene rings is 2. The Morgan fingerprint density at radius 3 is 2.00 bits per heavy atom. The van der Waals surface area contributed by atoms with Crippen molar-refractivity contribution in [3.05, 3.63) is 71.8 Å². The van der Waals surface area contributed by atoms with Crippen LogP contribution in [0.5, 0.6) is 0 Å². The van der Waals surface area contributed by atoms with E-state index < -0.39 is 0 Å². The zero-order valence-corrected chi connectivity index (χ0v) is 14.8. The van der Waals surface area contributed by atoms with E-state index in [0.29, 0.717) is 0 Å². The Labute approximate surface area is 149 Å². The highest BCUT2D eigenvalue weighted by molar-refractivity contribution is 6.13. The molecule has 2 aromatic carbocycles. The van der Waals surface area contributed by atoms with E-state index in [9.17, 15) is 0 Å². The number of methoxy groups -OCH3 is 1. The van der Waals surface area contributed by atoms with Crippen LogP contribution in [0.4, 0.5) is 0 Å². The van der Waals surface area contributed by atoms with Gasteiger partial charge in [0.25, 0.3) is 0 Å². The Bertz CT molecular complexity index is 659. The van der Waals surface area contributed by atoms with Crippen molar-refractivity contribution in [2.75, 3.05) is 33.4 Å². The van der Waals surface area contributed by atoms with Gasteiger partial charge in [0.15, 0.2) is 0 Å². The quantitative estimate of drug-likeness (QED) is 0.597. The first-order valence-electron chi connectivity index (χ1n) is 8.82. The monoisotopic (exact) mass is 335 g/mol. The minimum atomic E-state index is 0.788. The van der Waals surface area contributed by atoms with Gasteiger partial charge in [0.05, 0.1) is 6.61 Å². The van der Waals surface area contributed by atoms with Gasteiger partial charge in [0, 0.05) is 56.4 Å². The summed E-state index contributed by atoms with van der Waals surface area (Å²) in [5.41, 5.74) is 4.29. The fourth-order valence-corrected chi connectivity index (χ4v) is 2.95. The summed E-state index contributed by atoms with van der Waals surface area (Å²) in [5.74, 6) is 0. The highest BCUT2D eigenvalue weighted by Crippen LogP contribution is 2.13. The molecular weight excluding hydrogens is 310 g/mol. The van der Waals surface area contributed by atoms with Gasteiger partial charge in [-0.15, -0.1) is 5.10 Å². The van der Waals surface area contributed by atoms with Gasteiger partial charge in [-0.2, -0.15) is 5.10 Å². The Morgan fingerprint density at radius 2 is 1.48 bits per heavy atom. The molecule has 2 aromatic rings. The van der Waals surface area contributed by atoms with Crippen LogP contribution in [0, 0.1) is 0 Å². The number of rotatable bonds is 6. The highest BCUT2D eigenvalue weighted by Gasteiger charge is 2.15. The standard InChI is InChI=1S/C21H25N3O/c1-25-17-16-24-14-12-20(13-15-24)22-23-21(18-8-4-2-5-9-18)19-10-6-3-7-11-19/h2-11H,12-17H2,1H3. The fourth-order valence-electron chi connectivity index (χ4n) is 2.95. The lowest BCUT2D eigenvalue weighted by molar-refractivity contribution is 0.147. The van der Waals surface area contributed by atoms with Crippen molar-refractivity contribution in [3.63, 3.8) is 0 Å². The van der Waals surface area contributed by atoms with E-state index in [0.717, 1.165) is 55.9 Å². The van der Waals surface area contributed by atoms with E-state index in [4.69, 9.17) is 4.74 Å². The van der Waals surface area contributed by atoms with Gasteiger partial charge in [-0.3, -0.25) is 0 Å². The van der Waals surface area contributed by atoms with Gasteiger partial charge in [0.2, 0.25) is 0 Å². The average Bonchev–Trinajstić information content (AvgIpc) is 2.69. The van der Waals surface area contributed by atoms with Crippen LogP contribution in [-0.4, -0.2) is 49.7 Å². The number of nitrogens with zero attached hydrogens (tertiary/aromatic N) is 3. The topological polar surface area (TPSA) is 37.2 Å². The second-order valence-electron chi connectivity index (χ2n) is 6.18. The molecular formula is C21H25N3O. The van der Waals surface area contributed by atoms with Crippen molar-refractivity contribution in [1.29, 1.82) is 0 Å². The number of likely N-dealkylation sites (tertiary alicyclic amines) is 1. The van der Waals surface area contributed by atoms with Crippen molar-refractivity contribution in [2.24, 2.45) is 10.2 Å². The fraction of sp³-hybridized carbons (Fsp3) is 0.333. The molecule has 0 spiro atoms. The largest absolute Gasteiger partial charge is 0.383 e. The van der Waals surface area contributed by atoms with Crippen molar-refractivity contribution in [1.82, 2.24) is 4.90 Å². The van der Waals surface area contributed by atoms with Gasteiger partial charge in [-0.1, -0.05) is 60.7 Å². The third kappa shape index (κ3) is 5.08. The maximum atomic E-state index is 5.15. The molecule has 0 bridgehead atoms. The van der Waals surface area contributed by atoms with Crippen LogP contribution in [-0.2, 0) is 4.74 Å². The maximum Gasteiger partial charge on any atom is 0.100 e. The van der Waals surface area contributed by atoms with E-state index >= 15 is 0 Å². The molecule has 0 amide bonds. The number of ether oxygens (including phenoxy) is 1. The molecule has 0 unspecified atom stereocenters. The smallest absolute Gasteiger partial charge is 0.100 e. The first-order valence-corrected chi connectivity index (χ1v) is 8.82. The predicted octanol–water partition coefficient (Wildman–Crippen LogP) is 3.62. The van der Waals surface area contributed by atoms with Crippen LogP contribution in [0.2, 0.25) is 0 Å². The van der Waals surface area contributed by atoms with E-state index in [1.165, 1.54) is 5.71 Å². The maximum absolute atomic E-state index is 5.15. The molecule has 0 saturated carbocycles. The molecule has 1 fully saturated rings. The van der Waals surface area contributed by atoms with E-state index in [-0.39, 0.29) is 0 Å². The SMILES string of the molecule is COCCN1CCC(=NN=C(c2ccccc2)c2ccccc2)CC1. The summed E-state index contributed by atoms with van der Waals surface area (Å²) in [4.78, 5) is 2.42. The summed E-state index contributed by atoms with van der Waals surface area (Å²) >= 11 is 0. The summed E-state index contributed by atoms with van der Waals surface area (Å²) < 4.78 is 5.15. The van der Waals surface area contributed by atoms with Crippen LogP contribution >= 0.6 is 0 Å². The molecule has 1 saturated heterocycles. The minimum Gasteiger partial charge on any atom is -0.383 e. The van der Waals surface area contributed by atoms with Crippen LogP contribution < -0.4 is 0 Å². The lowest BCUT2D eigenvalue weighted by Gasteiger charge is -2.26. The van der Waals surface area contributed by atoms with E-state index in [1.54, 1.807) is 7.11 Å². The first kappa shape index (κ1) is 17.5. The lowest BCUT2D eigenvalue weighted by atomic mass is 10.0. The predicted molar refractivity (Wildman–Crippen MR) is 104 cm³/mol. The lowest BCUT2D eigenvalue weighted by Crippen LogP contribution is -2.36.